The van der Waals surface area contributed by atoms with Crippen LogP contribution in [0.25, 0.3) is 0 Å². The Morgan fingerprint density at radius 2 is 2.18 bits per heavy atom. The van der Waals surface area contributed by atoms with Crippen molar-refractivity contribution in [3.8, 4) is 6.07 Å². The van der Waals surface area contributed by atoms with Crippen LogP contribution in [0.5, 0.6) is 0 Å². The molecule has 0 spiro atoms. The fourth-order valence-corrected chi connectivity index (χ4v) is 1.68. The van der Waals surface area contributed by atoms with Gasteiger partial charge in [0.05, 0.1) is 17.2 Å². The molecule has 0 saturated carbocycles. The highest BCUT2D eigenvalue weighted by molar-refractivity contribution is 9.10. The molecule has 0 saturated heterocycles. The molecule has 2 atom stereocenters. The van der Waals surface area contributed by atoms with E-state index < -0.39 is 11.9 Å². The number of carboxylic acids is 1. The van der Waals surface area contributed by atoms with Gasteiger partial charge in [-0.3, -0.25) is 4.79 Å². The van der Waals surface area contributed by atoms with Gasteiger partial charge in [0, 0.05) is 10.5 Å². The van der Waals surface area contributed by atoms with Gasteiger partial charge >= 0.3 is 5.97 Å². The summed E-state index contributed by atoms with van der Waals surface area (Å²) < 4.78 is 0.818. The zero-order chi connectivity index (χ0) is 13.0. The summed E-state index contributed by atoms with van der Waals surface area (Å²) in [4.78, 5) is 10.8. The molecule has 5 heteroatoms. The van der Waals surface area contributed by atoms with Gasteiger partial charge in [-0.05, 0) is 32.0 Å². The molecule has 0 aliphatic carbocycles. The highest BCUT2D eigenvalue weighted by Crippen LogP contribution is 2.22. The van der Waals surface area contributed by atoms with Gasteiger partial charge < -0.3 is 10.4 Å². The third kappa shape index (κ3) is 3.46. The van der Waals surface area contributed by atoms with Crippen LogP contribution in [0.2, 0.25) is 0 Å². The van der Waals surface area contributed by atoms with Gasteiger partial charge in [0.1, 0.15) is 6.07 Å². The van der Waals surface area contributed by atoms with Crippen LogP contribution in [-0.2, 0) is 4.79 Å². The van der Waals surface area contributed by atoms with E-state index in [2.05, 4.69) is 27.3 Å². The minimum Gasteiger partial charge on any atom is -0.481 e. The highest BCUT2D eigenvalue weighted by Gasteiger charge is 2.19. The third-order valence-corrected chi connectivity index (χ3v) is 3.12. The molecule has 1 rings (SSSR count). The first-order chi connectivity index (χ1) is 7.95. The Labute approximate surface area is 108 Å². The lowest BCUT2D eigenvalue weighted by Crippen LogP contribution is -2.29. The molecule has 1 aromatic carbocycles. The van der Waals surface area contributed by atoms with Crippen molar-refractivity contribution in [1.29, 1.82) is 5.26 Å². The minimum atomic E-state index is -0.861. The third-order valence-electron chi connectivity index (χ3n) is 2.62. The van der Waals surface area contributed by atoms with Crippen LogP contribution in [-0.4, -0.2) is 17.1 Å². The number of rotatable bonds is 4. The smallest absolute Gasteiger partial charge is 0.308 e. The molecular formula is C12H13BrN2O2. The van der Waals surface area contributed by atoms with E-state index in [1.807, 2.05) is 0 Å². The number of anilines is 1. The first kappa shape index (κ1) is 13.5. The van der Waals surface area contributed by atoms with Crippen molar-refractivity contribution in [2.75, 3.05) is 5.32 Å². The van der Waals surface area contributed by atoms with Gasteiger partial charge in [-0.15, -0.1) is 0 Å². The normalized spacial score (nSPS) is 13.5. The summed E-state index contributed by atoms with van der Waals surface area (Å²) in [5.74, 6) is -1.38. The molecule has 2 unspecified atom stereocenters. The molecule has 0 aliphatic rings. The molecule has 0 heterocycles. The molecule has 17 heavy (non-hydrogen) atoms. The van der Waals surface area contributed by atoms with Gasteiger partial charge in [-0.25, -0.2) is 0 Å². The van der Waals surface area contributed by atoms with E-state index in [0.717, 1.165) is 4.47 Å². The topological polar surface area (TPSA) is 73.1 Å². The monoisotopic (exact) mass is 296 g/mol. The van der Waals surface area contributed by atoms with E-state index in [-0.39, 0.29) is 6.04 Å². The van der Waals surface area contributed by atoms with Gasteiger partial charge in [0.2, 0.25) is 0 Å². The SMILES string of the molecule is CC(Nc1ccc(Br)cc1C#N)C(C)C(=O)O. The van der Waals surface area contributed by atoms with Crippen molar-refractivity contribution in [2.45, 2.75) is 19.9 Å². The first-order valence-electron chi connectivity index (χ1n) is 5.14. The maximum atomic E-state index is 10.8. The van der Waals surface area contributed by atoms with Crippen molar-refractivity contribution in [3.05, 3.63) is 28.2 Å². The second kappa shape index (κ2) is 5.69. The Morgan fingerprint density at radius 3 is 2.71 bits per heavy atom. The average molecular weight is 297 g/mol. The number of halogens is 1. The molecule has 0 radical (unpaired) electrons. The molecule has 2 N–H and O–H groups in total. The first-order valence-corrected chi connectivity index (χ1v) is 5.94. The molecule has 0 bridgehead atoms. The highest BCUT2D eigenvalue weighted by atomic mass is 79.9. The largest absolute Gasteiger partial charge is 0.481 e. The van der Waals surface area contributed by atoms with Gasteiger partial charge in [0.15, 0.2) is 0 Å². The number of hydrogen-bond donors (Lipinski definition) is 2. The fourth-order valence-electron chi connectivity index (χ4n) is 1.32. The molecule has 90 valence electrons. The summed E-state index contributed by atoms with van der Waals surface area (Å²) in [6, 6.07) is 7.08. The molecule has 0 fully saturated rings. The van der Waals surface area contributed by atoms with E-state index >= 15 is 0 Å². The summed E-state index contributed by atoms with van der Waals surface area (Å²) in [7, 11) is 0. The van der Waals surface area contributed by atoms with Crippen LogP contribution in [0, 0.1) is 17.2 Å². The van der Waals surface area contributed by atoms with E-state index in [1.165, 1.54) is 0 Å². The number of nitrogens with one attached hydrogen (secondary N) is 1. The lowest BCUT2D eigenvalue weighted by atomic mass is 10.0. The van der Waals surface area contributed by atoms with Crippen LogP contribution in [0.1, 0.15) is 19.4 Å². The lowest BCUT2D eigenvalue weighted by Gasteiger charge is -2.19. The summed E-state index contributed by atoms with van der Waals surface area (Å²) in [6.45, 7) is 3.41. The van der Waals surface area contributed by atoms with Gasteiger partial charge in [-0.2, -0.15) is 5.26 Å². The molecule has 1 aromatic rings. The summed E-state index contributed by atoms with van der Waals surface area (Å²) in [5.41, 5.74) is 1.14. The van der Waals surface area contributed by atoms with Crippen LogP contribution < -0.4 is 5.32 Å². The van der Waals surface area contributed by atoms with Crippen molar-refractivity contribution < 1.29 is 9.90 Å². The maximum Gasteiger partial charge on any atom is 0.308 e. The number of nitrogens with zero attached hydrogens (tertiary/aromatic N) is 1. The molecule has 4 nitrogen and oxygen atoms in total. The van der Waals surface area contributed by atoms with Gasteiger partial charge in [-0.1, -0.05) is 15.9 Å². The Hall–Kier alpha value is -1.54. The van der Waals surface area contributed by atoms with Crippen molar-refractivity contribution in [1.82, 2.24) is 0 Å². The van der Waals surface area contributed by atoms with E-state index in [4.69, 9.17) is 10.4 Å². The number of nitriles is 1. The van der Waals surface area contributed by atoms with Crippen LogP contribution in [0.3, 0.4) is 0 Å². The van der Waals surface area contributed by atoms with E-state index in [0.29, 0.717) is 11.3 Å². The standard InChI is InChI=1S/C12H13BrN2O2/c1-7(12(16)17)8(2)15-11-4-3-10(13)5-9(11)6-14/h3-5,7-8,15H,1-2H3,(H,16,17). The average Bonchev–Trinajstić information content (AvgIpc) is 2.30. The maximum absolute atomic E-state index is 10.8. The quantitative estimate of drug-likeness (QED) is 0.896. The number of carbonyl (C=O) groups is 1. The Kier molecular flexibility index (Phi) is 4.53. The van der Waals surface area contributed by atoms with Crippen molar-refractivity contribution >= 4 is 27.6 Å². The summed E-state index contributed by atoms with van der Waals surface area (Å²) in [5, 5.41) is 20.9. The lowest BCUT2D eigenvalue weighted by molar-refractivity contribution is -0.141. The molecular weight excluding hydrogens is 284 g/mol. The number of carboxylic acid groups (broad SMARTS) is 1. The number of aliphatic carboxylic acids is 1. The Balaban J connectivity index is 2.89. The zero-order valence-corrected chi connectivity index (χ0v) is 11.2. The zero-order valence-electron chi connectivity index (χ0n) is 9.57. The molecule has 0 aliphatic heterocycles. The van der Waals surface area contributed by atoms with Crippen LogP contribution in [0.15, 0.2) is 22.7 Å². The second-order valence-electron chi connectivity index (χ2n) is 3.86. The van der Waals surface area contributed by atoms with E-state index in [9.17, 15) is 4.79 Å². The van der Waals surface area contributed by atoms with Gasteiger partial charge in [0.25, 0.3) is 0 Å². The van der Waals surface area contributed by atoms with Crippen molar-refractivity contribution in [3.63, 3.8) is 0 Å². The van der Waals surface area contributed by atoms with Crippen LogP contribution in [0.4, 0.5) is 5.69 Å². The number of benzene rings is 1. The van der Waals surface area contributed by atoms with E-state index in [1.54, 1.807) is 32.0 Å². The fraction of sp³-hybridized carbons (Fsp3) is 0.333. The summed E-state index contributed by atoms with van der Waals surface area (Å²) >= 11 is 3.28. The second-order valence-corrected chi connectivity index (χ2v) is 4.78. The predicted molar refractivity (Wildman–Crippen MR) is 68.7 cm³/mol. The summed E-state index contributed by atoms with van der Waals surface area (Å²) in [6.07, 6.45) is 0. The Bertz CT molecular complexity index is 468. The molecule has 0 aromatic heterocycles. The van der Waals surface area contributed by atoms with Crippen LogP contribution >= 0.6 is 15.9 Å². The predicted octanol–water partition coefficient (Wildman–Crippen LogP) is 2.84. The minimum absolute atomic E-state index is 0.249. The Morgan fingerprint density at radius 1 is 1.53 bits per heavy atom. The van der Waals surface area contributed by atoms with Crippen molar-refractivity contribution in [2.24, 2.45) is 5.92 Å². The molecule has 0 amide bonds. The number of hydrogen-bond acceptors (Lipinski definition) is 3.